The summed E-state index contributed by atoms with van der Waals surface area (Å²) < 4.78 is 11.3. The minimum atomic E-state index is 0.433. The Hall–Kier alpha value is -2.55. The highest BCUT2D eigenvalue weighted by atomic mass is 16.5. The van der Waals surface area contributed by atoms with Crippen LogP contribution in [0.25, 0.3) is 0 Å². The highest BCUT2D eigenvalue weighted by Crippen LogP contribution is 2.31. The maximum absolute atomic E-state index is 11.4. The summed E-state index contributed by atoms with van der Waals surface area (Å²) in [6, 6.07) is 13.5. The fourth-order valence-electron chi connectivity index (χ4n) is 2.23. The summed E-state index contributed by atoms with van der Waals surface area (Å²) in [4.78, 5) is 11.4. The van der Waals surface area contributed by atoms with Gasteiger partial charge < -0.3 is 9.47 Å². The summed E-state index contributed by atoms with van der Waals surface area (Å²) in [6.07, 6.45) is 3.65. The van der Waals surface area contributed by atoms with Gasteiger partial charge in [0.05, 0.1) is 7.11 Å². The molecule has 2 aromatic carbocycles. The van der Waals surface area contributed by atoms with Gasteiger partial charge in [-0.15, -0.1) is 0 Å². The Morgan fingerprint density at radius 2 is 1.83 bits per heavy atom. The van der Waals surface area contributed by atoms with E-state index in [1.54, 1.807) is 13.2 Å². The van der Waals surface area contributed by atoms with Gasteiger partial charge in [0.1, 0.15) is 12.9 Å². The number of allylic oxidation sites excluding steroid dienone is 2. The maximum atomic E-state index is 11.4. The molecule has 0 saturated heterocycles. The van der Waals surface area contributed by atoms with E-state index in [9.17, 15) is 4.79 Å². The maximum Gasteiger partial charge on any atom is 0.162 e. The third-order valence-electron chi connectivity index (χ3n) is 3.52. The van der Waals surface area contributed by atoms with E-state index in [4.69, 9.17) is 9.47 Å². The predicted octanol–water partition coefficient (Wildman–Crippen LogP) is 4.60. The molecule has 0 unspecified atom stereocenters. The third kappa shape index (κ3) is 4.71. The average Bonchev–Trinajstić information content (AvgIpc) is 2.58. The monoisotopic (exact) mass is 310 g/mol. The number of carbonyl (C=O) groups is 1. The number of methoxy groups -OCH3 is 1. The Kier molecular flexibility index (Phi) is 5.98. The zero-order valence-electron chi connectivity index (χ0n) is 13.8. The molecule has 0 saturated carbocycles. The van der Waals surface area contributed by atoms with Crippen LogP contribution in [0.4, 0.5) is 0 Å². The van der Waals surface area contributed by atoms with Crippen LogP contribution < -0.4 is 9.47 Å². The molecule has 0 aromatic heterocycles. The van der Waals surface area contributed by atoms with Crippen molar-refractivity contribution in [3.05, 3.63) is 70.8 Å². The van der Waals surface area contributed by atoms with Crippen LogP contribution in [0.1, 0.15) is 35.3 Å². The van der Waals surface area contributed by atoms with E-state index in [2.05, 4.69) is 6.08 Å². The van der Waals surface area contributed by atoms with Crippen molar-refractivity contribution in [1.29, 1.82) is 0 Å². The van der Waals surface area contributed by atoms with E-state index in [0.29, 0.717) is 30.1 Å². The molecule has 0 bridgehead atoms. The summed E-state index contributed by atoms with van der Waals surface area (Å²) >= 11 is 0. The van der Waals surface area contributed by atoms with Crippen molar-refractivity contribution < 1.29 is 14.3 Å². The summed E-state index contributed by atoms with van der Waals surface area (Å²) in [7, 11) is 1.61. The standard InChI is InChI=1S/C20H22O3/c1-15(2)9-10-17-11-19(22-3)20(12-18(17)13-21)23-14-16-7-5-4-6-8-16/h4-9,11-13H,10,14H2,1-3H3. The molecular formula is C20H22O3. The van der Waals surface area contributed by atoms with Crippen LogP contribution in [0, 0.1) is 0 Å². The van der Waals surface area contributed by atoms with Crippen molar-refractivity contribution in [3.8, 4) is 11.5 Å². The van der Waals surface area contributed by atoms with Gasteiger partial charge in [-0.3, -0.25) is 4.79 Å². The number of ether oxygens (including phenoxy) is 2. The minimum absolute atomic E-state index is 0.433. The smallest absolute Gasteiger partial charge is 0.162 e. The Morgan fingerprint density at radius 1 is 1.09 bits per heavy atom. The number of hydrogen-bond acceptors (Lipinski definition) is 3. The molecule has 3 nitrogen and oxygen atoms in total. The van der Waals surface area contributed by atoms with Crippen LogP contribution in [-0.4, -0.2) is 13.4 Å². The first-order valence-electron chi connectivity index (χ1n) is 7.60. The van der Waals surface area contributed by atoms with E-state index in [1.807, 2.05) is 50.2 Å². The molecule has 2 aromatic rings. The van der Waals surface area contributed by atoms with Gasteiger partial charge in [0.25, 0.3) is 0 Å². The largest absolute Gasteiger partial charge is 0.493 e. The molecule has 0 aliphatic carbocycles. The van der Waals surface area contributed by atoms with Crippen molar-refractivity contribution in [2.75, 3.05) is 7.11 Å². The summed E-state index contributed by atoms with van der Waals surface area (Å²) in [6.45, 7) is 4.51. The lowest BCUT2D eigenvalue weighted by molar-refractivity contribution is 0.112. The van der Waals surface area contributed by atoms with Gasteiger partial charge in [0.15, 0.2) is 11.5 Å². The van der Waals surface area contributed by atoms with Crippen LogP contribution in [0.3, 0.4) is 0 Å². The normalized spacial score (nSPS) is 10.0. The van der Waals surface area contributed by atoms with Crippen LogP contribution in [0.15, 0.2) is 54.1 Å². The summed E-state index contributed by atoms with van der Waals surface area (Å²) in [5, 5.41) is 0. The zero-order chi connectivity index (χ0) is 16.7. The highest BCUT2D eigenvalue weighted by Gasteiger charge is 2.11. The van der Waals surface area contributed by atoms with Crippen molar-refractivity contribution in [1.82, 2.24) is 0 Å². The molecule has 23 heavy (non-hydrogen) atoms. The molecule has 2 rings (SSSR count). The van der Waals surface area contributed by atoms with Gasteiger partial charge in [-0.25, -0.2) is 0 Å². The van der Waals surface area contributed by atoms with Gasteiger partial charge in [-0.2, -0.15) is 0 Å². The molecule has 0 spiro atoms. The molecule has 0 fully saturated rings. The second kappa shape index (κ2) is 8.18. The molecule has 0 radical (unpaired) electrons. The quantitative estimate of drug-likeness (QED) is 0.554. The molecule has 0 aliphatic heterocycles. The predicted molar refractivity (Wildman–Crippen MR) is 92.3 cm³/mol. The van der Waals surface area contributed by atoms with Gasteiger partial charge >= 0.3 is 0 Å². The average molecular weight is 310 g/mol. The Balaban J connectivity index is 2.25. The molecule has 3 heteroatoms. The lowest BCUT2D eigenvalue weighted by Gasteiger charge is -2.14. The van der Waals surface area contributed by atoms with Crippen LogP contribution >= 0.6 is 0 Å². The van der Waals surface area contributed by atoms with Crippen molar-refractivity contribution in [2.45, 2.75) is 26.9 Å². The lowest BCUT2D eigenvalue weighted by Crippen LogP contribution is -2.01. The van der Waals surface area contributed by atoms with E-state index < -0.39 is 0 Å². The Labute approximate surface area is 137 Å². The summed E-state index contributed by atoms with van der Waals surface area (Å²) in [5.41, 5.74) is 3.84. The first-order chi connectivity index (χ1) is 11.1. The van der Waals surface area contributed by atoms with Crippen molar-refractivity contribution in [3.63, 3.8) is 0 Å². The Morgan fingerprint density at radius 3 is 2.43 bits per heavy atom. The lowest BCUT2D eigenvalue weighted by atomic mass is 10.0. The van der Waals surface area contributed by atoms with E-state index in [0.717, 1.165) is 17.4 Å². The third-order valence-corrected chi connectivity index (χ3v) is 3.52. The van der Waals surface area contributed by atoms with Crippen LogP contribution in [0.2, 0.25) is 0 Å². The number of rotatable bonds is 7. The SMILES string of the molecule is COc1cc(CC=C(C)C)c(C=O)cc1OCc1ccccc1. The molecule has 0 N–H and O–H groups in total. The summed E-state index contributed by atoms with van der Waals surface area (Å²) in [5.74, 6) is 1.23. The van der Waals surface area contributed by atoms with Crippen molar-refractivity contribution in [2.24, 2.45) is 0 Å². The zero-order valence-corrected chi connectivity index (χ0v) is 13.8. The van der Waals surface area contributed by atoms with E-state index >= 15 is 0 Å². The van der Waals surface area contributed by atoms with Crippen LogP contribution in [0.5, 0.6) is 11.5 Å². The van der Waals surface area contributed by atoms with Gasteiger partial charge in [0.2, 0.25) is 0 Å². The molecule has 0 atom stereocenters. The van der Waals surface area contributed by atoms with Crippen LogP contribution in [-0.2, 0) is 13.0 Å². The first-order valence-corrected chi connectivity index (χ1v) is 7.60. The number of benzene rings is 2. The molecule has 0 amide bonds. The molecular weight excluding hydrogens is 288 g/mol. The van der Waals surface area contributed by atoms with Gasteiger partial charge in [0, 0.05) is 5.56 Å². The Bertz CT molecular complexity index is 684. The second-order valence-electron chi connectivity index (χ2n) is 5.58. The fraction of sp³-hybridized carbons (Fsp3) is 0.250. The number of aldehydes is 1. The fourth-order valence-corrected chi connectivity index (χ4v) is 2.23. The van der Waals surface area contributed by atoms with Crippen molar-refractivity contribution >= 4 is 6.29 Å². The molecule has 0 heterocycles. The first kappa shape index (κ1) is 16.8. The number of carbonyl (C=O) groups excluding carboxylic acids is 1. The van der Waals surface area contributed by atoms with E-state index in [-0.39, 0.29) is 0 Å². The van der Waals surface area contributed by atoms with Gasteiger partial charge in [-0.1, -0.05) is 42.0 Å². The molecule has 120 valence electrons. The second-order valence-corrected chi connectivity index (χ2v) is 5.58. The number of hydrogen-bond donors (Lipinski definition) is 0. The van der Waals surface area contributed by atoms with Gasteiger partial charge in [-0.05, 0) is 43.5 Å². The van der Waals surface area contributed by atoms with E-state index in [1.165, 1.54) is 5.57 Å². The minimum Gasteiger partial charge on any atom is -0.493 e. The topological polar surface area (TPSA) is 35.5 Å². The molecule has 0 aliphatic rings. The highest BCUT2D eigenvalue weighted by molar-refractivity contribution is 5.79.